The fourth-order valence-corrected chi connectivity index (χ4v) is 3.30. The summed E-state index contributed by atoms with van der Waals surface area (Å²) < 4.78 is 55.3. The van der Waals surface area contributed by atoms with Crippen molar-refractivity contribution in [3.8, 4) is 22.4 Å². The quantitative estimate of drug-likeness (QED) is 0.712. The molecular weight excluding hydrogens is 386 g/mol. The second kappa shape index (κ2) is 6.79. The van der Waals surface area contributed by atoms with Gasteiger partial charge in [-0.25, -0.2) is 22.3 Å². The van der Waals surface area contributed by atoms with E-state index in [4.69, 9.17) is 21.3 Å². The van der Waals surface area contributed by atoms with Gasteiger partial charge in [0.05, 0.1) is 5.56 Å². The highest BCUT2D eigenvalue weighted by Gasteiger charge is 2.22. The minimum atomic E-state index is -4.21. The zero-order valence-electron chi connectivity index (χ0n) is 13.5. The number of sulfonamides is 1. The minimum Gasteiger partial charge on any atom is -0.357 e. The van der Waals surface area contributed by atoms with E-state index in [-0.39, 0.29) is 16.9 Å². The van der Waals surface area contributed by atoms with Gasteiger partial charge in [-0.15, -0.1) is 0 Å². The van der Waals surface area contributed by atoms with Crippen LogP contribution in [-0.4, -0.2) is 13.6 Å². The Morgan fingerprint density at radius 2 is 1.88 bits per heavy atom. The van der Waals surface area contributed by atoms with Gasteiger partial charge in [-0.05, 0) is 42.3 Å². The molecule has 0 spiro atoms. The Hall–Kier alpha value is -2.29. The molecule has 3 aromatic rings. The van der Waals surface area contributed by atoms with E-state index in [1.165, 1.54) is 6.07 Å². The molecule has 0 amide bonds. The van der Waals surface area contributed by atoms with Gasteiger partial charge in [0.1, 0.15) is 16.4 Å². The number of halogens is 3. The molecule has 0 aliphatic heterocycles. The topological polar surface area (TPSA) is 86.2 Å². The summed E-state index contributed by atoms with van der Waals surface area (Å²) in [4.78, 5) is -0.650. The molecule has 1 heterocycles. The highest BCUT2D eigenvalue weighted by molar-refractivity contribution is 7.89. The Kier molecular flexibility index (Phi) is 4.83. The lowest BCUT2D eigenvalue weighted by molar-refractivity contribution is 0.332. The molecule has 5 nitrogen and oxygen atoms in total. The van der Waals surface area contributed by atoms with Crippen molar-refractivity contribution >= 4 is 21.6 Å². The highest BCUT2D eigenvalue weighted by atomic mass is 35.5. The number of benzene rings is 2. The van der Waals surface area contributed by atoms with Crippen molar-refractivity contribution in [3.05, 3.63) is 58.6 Å². The second-order valence-electron chi connectivity index (χ2n) is 5.62. The molecule has 2 N–H and O–H groups in total. The lowest BCUT2D eigenvalue weighted by atomic mass is 9.98. The molecule has 0 unspecified atom stereocenters. The minimum absolute atomic E-state index is 0.102. The zero-order valence-corrected chi connectivity index (χ0v) is 15.0. The summed E-state index contributed by atoms with van der Waals surface area (Å²) in [6, 6.07) is 8.36. The fraction of sp³-hybridized carbons (Fsp3) is 0.118. The van der Waals surface area contributed by atoms with Crippen molar-refractivity contribution in [3.63, 3.8) is 0 Å². The van der Waals surface area contributed by atoms with Crippen LogP contribution >= 0.6 is 11.6 Å². The van der Waals surface area contributed by atoms with Crippen LogP contribution in [0.25, 0.3) is 22.4 Å². The molecular formula is C17H13ClF2N2O3S. The van der Waals surface area contributed by atoms with E-state index in [2.05, 4.69) is 5.16 Å². The van der Waals surface area contributed by atoms with Crippen LogP contribution in [-0.2, 0) is 16.7 Å². The summed E-state index contributed by atoms with van der Waals surface area (Å²) in [6.45, 7) is 0.829. The Morgan fingerprint density at radius 3 is 2.46 bits per heavy atom. The van der Waals surface area contributed by atoms with Crippen molar-refractivity contribution in [1.82, 2.24) is 5.16 Å². The van der Waals surface area contributed by atoms with Gasteiger partial charge in [0.15, 0.2) is 12.4 Å². The summed E-state index contributed by atoms with van der Waals surface area (Å²) in [5.74, 6) is -1.15. The van der Waals surface area contributed by atoms with Gasteiger partial charge < -0.3 is 4.52 Å². The van der Waals surface area contributed by atoms with E-state index >= 15 is 0 Å². The molecule has 0 aliphatic carbocycles. The first kappa shape index (κ1) is 18.5. The van der Waals surface area contributed by atoms with E-state index in [0.717, 1.165) is 17.7 Å². The number of hydrogen-bond donors (Lipinski definition) is 1. The normalized spacial score (nSPS) is 11.7. The van der Waals surface area contributed by atoms with Gasteiger partial charge >= 0.3 is 0 Å². The smallest absolute Gasteiger partial charge is 0.240 e. The SMILES string of the molecule is Cc1cc(-c2noc(CF)c2-c2ccc(S(N)(=O)=O)c(F)c2)ccc1Cl. The second-order valence-corrected chi connectivity index (χ2v) is 7.55. The molecule has 136 valence electrons. The number of rotatable bonds is 4. The molecule has 9 heteroatoms. The molecule has 0 atom stereocenters. The van der Waals surface area contributed by atoms with E-state index in [0.29, 0.717) is 16.3 Å². The summed E-state index contributed by atoms with van der Waals surface area (Å²) in [6.07, 6.45) is 0. The largest absolute Gasteiger partial charge is 0.357 e. The van der Waals surface area contributed by atoms with Crippen LogP contribution in [0.15, 0.2) is 45.8 Å². The van der Waals surface area contributed by atoms with Gasteiger partial charge in [0.2, 0.25) is 10.0 Å². The number of nitrogens with zero attached hydrogens (tertiary/aromatic N) is 1. The van der Waals surface area contributed by atoms with Crippen LogP contribution in [0.5, 0.6) is 0 Å². The standard InChI is InChI=1S/C17H13ClF2N2O3S/c1-9-6-11(2-4-12(9)18)17-16(14(8-19)25-22-17)10-3-5-15(13(20)7-10)26(21,23)24/h2-7H,8H2,1H3,(H2,21,23,24). The molecule has 1 aromatic heterocycles. The van der Waals surface area contributed by atoms with Crippen LogP contribution in [0, 0.1) is 12.7 Å². The maximum absolute atomic E-state index is 14.2. The number of aryl methyl sites for hydroxylation is 1. The third-order valence-corrected chi connectivity index (χ3v) is 5.21. The monoisotopic (exact) mass is 398 g/mol. The van der Waals surface area contributed by atoms with Crippen LogP contribution in [0.2, 0.25) is 5.02 Å². The summed E-state index contributed by atoms with van der Waals surface area (Å²) in [5, 5.41) is 9.39. The molecule has 2 aromatic carbocycles. The maximum atomic E-state index is 14.2. The van der Waals surface area contributed by atoms with Gasteiger partial charge in [0.25, 0.3) is 0 Å². The Morgan fingerprint density at radius 1 is 1.19 bits per heavy atom. The number of nitrogens with two attached hydrogens (primary N) is 1. The number of hydrogen-bond acceptors (Lipinski definition) is 4. The van der Waals surface area contributed by atoms with Crippen LogP contribution in [0.3, 0.4) is 0 Å². The predicted molar refractivity (Wildman–Crippen MR) is 93.3 cm³/mol. The van der Waals surface area contributed by atoms with Crippen molar-refractivity contribution in [2.75, 3.05) is 0 Å². The Balaban J connectivity index is 2.20. The molecule has 0 saturated heterocycles. The van der Waals surface area contributed by atoms with E-state index in [1.54, 1.807) is 25.1 Å². The van der Waals surface area contributed by atoms with Gasteiger partial charge in [-0.1, -0.05) is 28.9 Å². The first-order chi connectivity index (χ1) is 12.2. The number of aromatic nitrogens is 1. The molecule has 0 aliphatic rings. The first-order valence-electron chi connectivity index (χ1n) is 7.36. The van der Waals surface area contributed by atoms with Crippen molar-refractivity contribution in [2.45, 2.75) is 18.5 Å². The Bertz CT molecular complexity index is 1100. The van der Waals surface area contributed by atoms with Crippen molar-refractivity contribution < 1.29 is 21.7 Å². The van der Waals surface area contributed by atoms with Crippen LogP contribution in [0.4, 0.5) is 8.78 Å². The van der Waals surface area contributed by atoms with Gasteiger partial charge in [-0.3, -0.25) is 0 Å². The molecule has 0 fully saturated rings. The number of primary sulfonamides is 1. The van der Waals surface area contributed by atoms with Gasteiger partial charge in [0, 0.05) is 10.6 Å². The van der Waals surface area contributed by atoms with Crippen LogP contribution in [0.1, 0.15) is 11.3 Å². The average Bonchev–Trinajstić information content (AvgIpc) is 3.00. The van der Waals surface area contributed by atoms with E-state index < -0.39 is 27.4 Å². The first-order valence-corrected chi connectivity index (χ1v) is 9.28. The molecule has 0 bridgehead atoms. The summed E-state index contributed by atoms with van der Waals surface area (Å²) >= 11 is 6.02. The molecule has 0 saturated carbocycles. The maximum Gasteiger partial charge on any atom is 0.240 e. The van der Waals surface area contributed by atoms with E-state index in [9.17, 15) is 17.2 Å². The third-order valence-electron chi connectivity index (χ3n) is 3.84. The zero-order chi connectivity index (χ0) is 19.1. The van der Waals surface area contributed by atoms with Crippen molar-refractivity contribution in [2.24, 2.45) is 5.14 Å². The van der Waals surface area contributed by atoms with Gasteiger partial charge in [-0.2, -0.15) is 0 Å². The lowest BCUT2D eigenvalue weighted by Gasteiger charge is -2.07. The lowest BCUT2D eigenvalue weighted by Crippen LogP contribution is -2.14. The van der Waals surface area contributed by atoms with Crippen molar-refractivity contribution in [1.29, 1.82) is 0 Å². The fourth-order valence-electron chi connectivity index (χ4n) is 2.59. The average molecular weight is 399 g/mol. The molecule has 26 heavy (non-hydrogen) atoms. The molecule has 0 radical (unpaired) electrons. The highest BCUT2D eigenvalue weighted by Crippen LogP contribution is 2.37. The summed E-state index contributed by atoms with van der Waals surface area (Å²) in [5.41, 5.74) is 2.11. The van der Waals surface area contributed by atoms with Crippen LogP contribution < -0.4 is 5.14 Å². The number of alkyl halides is 1. The molecule has 3 rings (SSSR count). The van der Waals surface area contributed by atoms with E-state index in [1.807, 2.05) is 0 Å². The third kappa shape index (κ3) is 3.35. The summed E-state index contributed by atoms with van der Waals surface area (Å²) in [7, 11) is -4.21. The Labute approximate surface area is 153 Å². The predicted octanol–water partition coefficient (Wildman–Crippen LogP) is 4.23.